The predicted molar refractivity (Wildman–Crippen MR) is 86.8 cm³/mol. The summed E-state index contributed by atoms with van der Waals surface area (Å²) in [5.74, 6) is 0.984. The van der Waals surface area contributed by atoms with E-state index in [0.717, 1.165) is 38.0 Å². The van der Waals surface area contributed by atoms with Gasteiger partial charge in [-0.25, -0.2) is 9.37 Å². The summed E-state index contributed by atoms with van der Waals surface area (Å²) in [5.41, 5.74) is 1.71. The molecule has 0 bridgehead atoms. The minimum Gasteiger partial charge on any atom is -0.333 e. The molecular formula is C17H21ClFN3. The maximum atomic E-state index is 13.7. The lowest BCUT2D eigenvalue weighted by Gasteiger charge is -2.24. The zero-order valence-electron chi connectivity index (χ0n) is 12.8. The molecule has 0 saturated carbocycles. The summed E-state index contributed by atoms with van der Waals surface area (Å²) >= 11 is 6.04. The SMILES string of the molecule is Cc1cn2c(n1)CCC(NCCCc1c(F)cccc1Cl)C2. The van der Waals surface area contributed by atoms with Gasteiger partial charge in [0.15, 0.2) is 0 Å². The van der Waals surface area contributed by atoms with Crippen molar-refractivity contribution in [1.29, 1.82) is 0 Å². The second-order valence-electron chi connectivity index (χ2n) is 5.94. The summed E-state index contributed by atoms with van der Waals surface area (Å²) in [6.07, 6.45) is 5.79. The molecule has 1 N–H and O–H groups in total. The van der Waals surface area contributed by atoms with Crippen LogP contribution in [0.3, 0.4) is 0 Å². The molecule has 5 heteroatoms. The Hall–Kier alpha value is -1.39. The van der Waals surface area contributed by atoms with Crippen molar-refractivity contribution in [3.8, 4) is 0 Å². The van der Waals surface area contributed by atoms with Crippen LogP contribution in [-0.4, -0.2) is 22.1 Å². The van der Waals surface area contributed by atoms with Crippen molar-refractivity contribution in [3.05, 3.63) is 52.3 Å². The topological polar surface area (TPSA) is 29.9 Å². The van der Waals surface area contributed by atoms with Crippen LogP contribution in [0.5, 0.6) is 0 Å². The molecule has 118 valence electrons. The molecule has 2 aromatic rings. The lowest BCUT2D eigenvalue weighted by Crippen LogP contribution is -2.37. The highest BCUT2D eigenvalue weighted by Crippen LogP contribution is 2.20. The van der Waals surface area contributed by atoms with Crippen molar-refractivity contribution in [2.24, 2.45) is 0 Å². The largest absolute Gasteiger partial charge is 0.333 e. The summed E-state index contributed by atoms with van der Waals surface area (Å²) < 4.78 is 15.9. The molecule has 1 aliphatic rings. The van der Waals surface area contributed by atoms with E-state index in [1.54, 1.807) is 12.1 Å². The molecule has 2 heterocycles. The number of imidazole rings is 1. The van der Waals surface area contributed by atoms with Gasteiger partial charge in [-0.05, 0) is 44.9 Å². The number of nitrogens with one attached hydrogen (secondary N) is 1. The monoisotopic (exact) mass is 321 g/mol. The highest BCUT2D eigenvalue weighted by Gasteiger charge is 2.19. The second kappa shape index (κ2) is 6.80. The summed E-state index contributed by atoms with van der Waals surface area (Å²) in [5, 5.41) is 4.09. The minimum absolute atomic E-state index is 0.205. The van der Waals surface area contributed by atoms with Crippen LogP contribution in [0.1, 0.15) is 29.9 Å². The molecule has 3 nitrogen and oxygen atoms in total. The van der Waals surface area contributed by atoms with E-state index in [1.807, 2.05) is 6.92 Å². The first-order chi connectivity index (χ1) is 10.6. The van der Waals surface area contributed by atoms with Gasteiger partial charge in [0, 0.05) is 35.8 Å². The van der Waals surface area contributed by atoms with Crippen LogP contribution in [0.2, 0.25) is 5.02 Å². The van der Waals surface area contributed by atoms with Gasteiger partial charge in [0.05, 0.1) is 5.69 Å². The molecule has 1 aromatic carbocycles. The Balaban J connectivity index is 1.46. The van der Waals surface area contributed by atoms with Crippen molar-refractivity contribution < 1.29 is 4.39 Å². The van der Waals surface area contributed by atoms with Crippen molar-refractivity contribution in [1.82, 2.24) is 14.9 Å². The molecule has 0 amide bonds. The van der Waals surface area contributed by atoms with Crippen LogP contribution >= 0.6 is 11.6 Å². The van der Waals surface area contributed by atoms with Gasteiger partial charge in [-0.1, -0.05) is 17.7 Å². The van der Waals surface area contributed by atoms with E-state index >= 15 is 0 Å². The zero-order valence-corrected chi connectivity index (χ0v) is 13.5. The van der Waals surface area contributed by atoms with Gasteiger partial charge in [-0.2, -0.15) is 0 Å². The maximum absolute atomic E-state index is 13.7. The molecule has 1 aliphatic heterocycles. The third-order valence-electron chi connectivity index (χ3n) is 4.21. The summed E-state index contributed by atoms with van der Waals surface area (Å²) in [4.78, 5) is 4.52. The molecular weight excluding hydrogens is 301 g/mol. The second-order valence-corrected chi connectivity index (χ2v) is 6.35. The van der Waals surface area contributed by atoms with E-state index in [1.165, 1.54) is 11.9 Å². The fraction of sp³-hybridized carbons (Fsp3) is 0.471. The minimum atomic E-state index is -0.205. The first kappa shape index (κ1) is 15.5. The van der Waals surface area contributed by atoms with Gasteiger partial charge in [0.25, 0.3) is 0 Å². The van der Waals surface area contributed by atoms with Gasteiger partial charge >= 0.3 is 0 Å². The van der Waals surface area contributed by atoms with E-state index in [-0.39, 0.29) is 5.82 Å². The number of rotatable bonds is 5. The lowest BCUT2D eigenvalue weighted by molar-refractivity contribution is 0.378. The smallest absolute Gasteiger partial charge is 0.127 e. The normalized spacial score (nSPS) is 17.5. The fourth-order valence-electron chi connectivity index (χ4n) is 3.10. The molecule has 22 heavy (non-hydrogen) atoms. The average Bonchev–Trinajstić information content (AvgIpc) is 2.85. The van der Waals surface area contributed by atoms with Gasteiger partial charge in [-0.3, -0.25) is 0 Å². The highest BCUT2D eigenvalue weighted by molar-refractivity contribution is 6.31. The molecule has 1 atom stereocenters. The predicted octanol–water partition coefficient (Wildman–Crippen LogP) is 3.52. The fourth-order valence-corrected chi connectivity index (χ4v) is 3.35. The van der Waals surface area contributed by atoms with Crippen LogP contribution in [0.25, 0.3) is 0 Å². The molecule has 0 fully saturated rings. The molecule has 0 spiro atoms. The molecule has 1 unspecified atom stereocenters. The first-order valence-electron chi connectivity index (χ1n) is 7.82. The lowest BCUT2D eigenvalue weighted by atomic mass is 10.1. The number of hydrogen-bond donors (Lipinski definition) is 1. The van der Waals surface area contributed by atoms with Crippen LogP contribution < -0.4 is 5.32 Å². The van der Waals surface area contributed by atoms with Gasteiger partial charge < -0.3 is 9.88 Å². The Morgan fingerprint density at radius 3 is 3.14 bits per heavy atom. The van der Waals surface area contributed by atoms with Crippen LogP contribution in [0.15, 0.2) is 24.4 Å². The summed E-state index contributed by atoms with van der Waals surface area (Å²) in [7, 11) is 0. The van der Waals surface area contributed by atoms with E-state index < -0.39 is 0 Å². The van der Waals surface area contributed by atoms with Gasteiger partial charge in [0.2, 0.25) is 0 Å². The van der Waals surface area contributed by atoms with E-state index in [2.05, 4.69) is 21.1 Å². The standard InChI is InChI=1S/C17H21ClFN3/c1-12-10-22-11-13(7-8-17(22)21-12)20-9-3-4-14-15(18)5-2-6-16(14)19/h2,5-6,10,13,20H,3-4,7-9,11H2,1H3. The Morgan fingerprint density at radius 2 is 2.32 bits per heavy atom. The van der Waals surface area contributed by atoms with Gasteiger partial charge in [0.1, 0.15) is 11.6 Å². The number of aryl methyl sites for hydroxylation is 2. The number of fused-ring (bicyclic) bond motifs is 1. The highest BCUT2D eigenvalue weighted by atomic mass is 35.5. The Bertz CT molecular complexity index is 633. The van der Waals surface area contributed by atoms with E-state index in [4.69, 9.17) is 11.6 Å². The van der Waals surface area contributed by atoms with Crippen LogP contribution in [0.4, 0.5) is 4.39 Å². The number of halogens is 2. The van der Waals surface area contributed by atoms with Crippen molar-refractivity contribution in [2.45, 2.75) is 45.2 Å². The van der Waals surface area contributed by atoms with Crippen molar-refractivity contribution in [3.63, 3.8) is 0 Å². The Labute approximate surface area is 135 Å². The Morgan fingerprint density at radius 1 is 1.45 bits per heavy atom. The molecule has 1 aromatic heterocycles. The summed E-state index contributed by atoms with van der Waals surface area (Å²) in [6.45, 7) is 3.88. The quantitative estimate of drug-likeness (QED) is 0.854. The maximum Gasteiger partial charge on any atom is 0.127 e. The Kier molecular flexibility index (Phi) is 4.79. The number of nitrogens with zero attached hydrogens (tertiary/aromatic N) is 2. The third-order valence-corrected chi connectivity index (χ3v) is 4.57. The average molecular weight is 322 g/mol. The van der Waals surface area contributed by atoms with Crippen LogP contribution in [-0.2, 0) is 19.4 Å². The first-order valence-corrected chi connectivity index (χ1v) is 8.20. The number of hydrogen-bond acceptors (Lipinski definition) is 2. The zero-order chi connectivity index (χ0) is 15.5. The van der Waals surface area contributed by atoms with E-state index in [0.29, 0.717) is 23.0 Å². The molecule has 0 saturated heterocycles. The van der Waals surface area contributed by atoms with Crippen molar-refractivity contribution in [2.75, 3.05) is 6.54 Å². The van der Waals surface area contributed by atoms with Crippen LogP contribution in [0, 0.1) is 12.7 Å². The molecule has 3 rings (SSSR count). The number of benzene rings is 1. The molecule has 0 aliphatic carbocycles. The number of aromatic nitrogens is 2. The third kappa shape index (κ3) is 3.50. The van der Waals surface area contributed by atoms with Gasteiger partial charge in [-0.15, -0.1) is 0 Å². The van der Waals surface area contributed by atoms with E-state index in [9.17, 15) is 4.39 Å². The summed E-state index contributed by atoms with van der Waals surface area (Å²) in [6, 6.07) is 5.33. The molecule has 0 radical (unpaired) electrons. The van der Waals surface area contributed by atoms with Crippen molar-refractivity contribution >= 4 is 11.6 Å².